The summed E-state index contributed by atoms with van der Waals surface area (Å²) >= 11 is 0. The molecule has 0 aliphatic carbocycles. The molecule has 1 aliphatic heterocycles. The van der Waals surface area contributed by atoms with E-state index in [1.165, 1.54) is 18.4 Å². The maximum absolute atomic E-state index is 5.94. The number of hydrogen-bond donors (Lipinski definition) is 1. The Bertz CT molecular complexity index is 405. The third kappa shape index (κ3) is 6.74. The Kier molecular flexibility index (Phi) is 6.42. The van der Waals surface area contributed by atoms with E-state index in [0.717, 1.165) is 32.8 Å². The topological polar surface area (TPSA) is 24.5 Å². The van der Waals surface area contributed by atoms with E-state index >= 15 is 0 Å². The van der Waals surface area contributed by atoms with Gasteiger partial charge in [-0.15, -0.1) is 0 Å². The maximum Gasteiger partial charge on any atom is 0.183 e. The highest BCUT2D eigenvalue weighted by Gasteiger charge is 2.19. The van der Waals surface area contributed by atoms with Gasteiger partial charge in [0.2, 0.25) is 0 Å². The van der Waals surface area contributed by atoms with Gasteiger partial charge < -0.3 is 9.74 Å². The van der Waals surface area contributed by atoms with E-state index in [4.69, 9.17) is 4.43 Å². The van der Waals surface area contributed by atoms with Gasteiger partial charge in [0.05, 0.1) is 0 Å². The molecule has 1 aromatic rings. The van der Waals surface area contributed by atoms with Gasteiger partial charge in [0.1, 0.15) is 0 Å². The molecular formula is C17H30N2OSi. The third-order valence-electron chi connectivity index (χ3n) is 3.82. The molecule has 0 radical (unpaired) electrons. The Labute approximate surface area is 130 Å². The second kappa shape index (κ2) is 8.08. The number of benzene rings is 1. The Morgan fingerprint density at radius 3 is 2.71 bits per heavy atom. The van der Waals surface area contributed by atoms with Crippen molar-refractivity contribution < 1.29 is 4.43 Å². The summed E-state index contributed by atoms with van der Waals surface area (Å²) in [5.74, 6) is 0. The zero-order valence-corrected chi connectivity index (χ0v) is 14.8. The highest BCUT2D eigenvalue weighted by atomic mass is 28.4. The smallest absolute Gasteiger partial charge is 0.183 e. The highest BCUT2D eigenvalue weighted by Crippen LogP contribution is 2.11. The first kappa shape index (κ1) is 16.7. The van der Waals surface area contributed by atoms with Crippen molar-refractivity contribution in [3.8, 4) is 0 Å². The quantitative estimate of drug-likeness (QED) is 0.619. The molecule has 0 spiro atoms. The molecule has 1 saturated heterocycles. The van der Waals surface area contributed by atoms with Crippen molar-refractivity contribution in [2.24, 2.45) is 0 Å². The molecule has 1 atom stereocenters. The molecule has 1 N–H and O–H groups in total. The van der Waals surface area contributed by atoms with Gasteiger partial charge in [-0.2, -0.15) is 0 Å². The van der Waals surface area contributed by atoms with E-state index in [1.807, 2.05) is 0 Å². The molecule has 0 amide bonds. The molecule has 1 heterocycles. The van der Waals surface area contributed by atoms with Gasteiger partial charge in [-0.1, -0.05) is 30.3 Å². The van der Waals surface area contributed by atoms with Gasteiger partial charge >= 0.3 is 0 Å². The van der Waals surface area contributed by atoms with Crippen LogP contribution in [0, 0.1) is 0 Å². The fraction of sp³-hybridized carbons (Fsp3) is 0.647. The van der Waals surface area contributed by atoms with Crippen LogP contribution < -0.4 is 5.32 Å². The van der Waals surface area contributed by atoms with Crippen molar-refractivity contribution in [1.29, 1.82) is 0 Å². The van der Waals surface area contributed by atoms with Crippen LogP contribution in [0.25, 0.3) is 0 Å². The lowest BCUT2D eigenvalue weighted by Crippen LogP contribution is -2.50. The molecule has 118 valence electrons. The van der Waals surface area contributed by atoms with Gasteiger partial charge in [-0.25, -0.2) is 0 Å². The van der Waals surface area contributed by atoms with Crippen LogP contribution in [-0.4, -0.2) is 45.5 Å². The average molecular weight is 307 g/mol. The first-order valence-electron chi connectivity index (χ1n) is 8.16. The largest absolute Gasteiger partial charge is 0.418 e. The van der Waals surface area contributed by atoms with Crippen molar-refractivity contribution in [3.63, 3.8) is 0 Å². The zero-order valence-electron chi connectivity index (χ0n) is 13.8. The van der Waals surface area contributed by atoms with Crippen LogP contribution in [0.1, 0.15) is 18.4 Å². The van der Waals surface area contributed by atoms with E-state index in [1.54, 1.807) is 0 Å². The minimum absolute atomic E-state index is 0.618. The van der Waals surface area contributed by atoms with Gasteiger partial charge in [0.25, 0.3) is 0 Å². The molecule has 0 saturated carbocycles. The fourth-order valence-corrected chi connectivity index (χ4v) is 3.54. The van der Waals surface area contributed by atoms with Gasteiger partial charge in [0.15, 0.2) is 8.32 Å². The van der Waals surface area contributed by atoms with Crippen LogP contribution in [-0.2, 0) is 11.0 Å². The monoisotopic (exact) mass is 306 g/mol. The Balaban J connectivity index is 1.69. The molecule has 4 heteroatoms. The number of nitrogens with one attached hydrogen (secondary N) is 1. The van der Waals surface area contributed by atoms with Crippen molar-refractivity contribution in [3.05, 3.63) is 35.9 Å². The van der Waals surface area contributed by atoms with Crippen LogP contribution in [0.15, 0.2) is 30.3 Å². The number of nitrogens with zero attached hydrogens (tertiary/aromatic N) is 1. The molecule has 1 aliphatic rings. The van der Waals surface area contributed by atoms with Crippen molar-refractivity contribution in [1.82, 2.24) is 10.2 Å². The first-order valence-corrected chi connectivity index (χ1v) is 11.6. The predicted molar refractivity (Wildman–Crippen MR) is 92.0 cm³/mol. The molecule has 2 rings (SSSR count). The van der Waals surface area contributed by atoms with Crippen molar-refractivity contribution in [2.75, 3.05) is 26.2 Å². The summed E-state index contributed by atoms with van der Waals surface area (Å²) in [6, 6.07) is 11.4. The predicted octanol–water partition coefficient (Wildman–Crippen LogP) is 3.09. The van der Waals surface area contributed by atoms with Gasteiger partial charge in [-0.05, 0) is 38.0 Å². The number of piperazine rings is 1. The van der Waals surface area contributed by atoms with E-state index in [2.05, 4.69) is 60.2 Å². The standard InChI is InChI=1S/C17H30N2OSi/c1-21(2,3)20-13-7-10-17-15-19(12-11-18-17)14-16-8-5-4-6-9-16/h4-6,8-9,17-18H,7,10-15H2,1-3H3. The summed E-state index contributed by atoms with van der Waals surface area (Å²) in [7, 11) is -1.34. The maximum atomic E-state index is 5.94. The molecule has 1 unspecified atom stereocenters. The lowest BCUT2D eigenvalue weighted by molar-refractivity contribution is 0.180. The first-order chi connectivity index (χ1) is 10.0. The minimum Gasteiger partial charge on any atom is -0.418 e. The Morgan fingerprint density at radius 1 is 1.24 bits per heavy atom. The summed E-state index contributed by atoms with van der Waals surface area (Å²) in [6.07, 6.45) is 2.39. The van der Waals surface area contributed by atoms with E-state index < -0.39 is 8.32 Å². The summed E-state index contributed by atoms with van der Waals surface area (Å²) < 4.78 is 5.94. The van der Waals surface area contributed by atoms with Crippen LogP contribution in [0.4, 0.5) is 0 Å². The average Bonchev–Trinajstić information content (AvgIpc) is 2.44. The van der Waals surface area contributed by atoms with Crippen LogP contribution >= 0.6 is 0 Å². The molecule has 1 aromatic carbocycles. The van der Waals surface area contributed by atoms with E-state index in [-0.39, 0.29) is 0 Å². The fourth-order valence-electron chi connectivity index (χ4n) is 2.78. The number of hydrogen-bond acceptors (Lipinski definition) is 3. The summed E-state index contributed by atoms with van der Waals surface area (Å²) in [5.41, 5.74) is 1.42. The Hall–Kier alpha value is -0.683. The van der Waals surface area contributed by atoms with Crippen LogP contribution in [0.2, 0.25) is 19.6 Å². The van der Waals surface area contributed by atoms with E-state index in [9.17, 15) is 0 Å². The zero-order chi connectivity index (χ0) is 15.1. The lowest BCUT2D eigenvalue weighted by Gasteiger charge is -2.34. The molecule has 1 fully saturated rings. The summed E-state index contributed by atoms with van der Waals surface area (Å²) in [5, 5.41) is 3.65. The van der Waals surface area contributed by atoms with E-state index in [0.29, 0.717) is 6.04 Å². The minimum atomic E-state index is -1.34. The molecule has 0 bridgehead atoms. The second-order valence-corrected chi connectivity index (χ2v) is 11.5. The van der Waals surface area contributed by atoms with Crippen LogP contribution in [0.3, 0.4) is 0 Å². The molecular weight excluding hydrogens is 276 g/mol. The van der Waals surface area contributed by atoms with Crippen molar-refractivity contribution >= 4 is 8.32 Å². The molecule has 0 aromatic heterocycles. The molecule has 3 nitrogen and oxygen atoms in total. The third-order valence-corrected chi connectivity index (χ3v) is 4.89. The number of rotatable bonds is 7. The van der Waals surface area contributed by atoms with Gasteiger partial charge in [-0.3, -0.25) is 4.90 Å². The van der Waals surface area contributed by atoms with Crippen molar-refractivity contribution in [2.45, 2.75) is 45.1 Å². The summed E-state index contributed by atoms with van der Waals surface area (Å²) in [4.78, 5) is 2.57. The summed E-state index contributed by atoms with van der Waals surface area (Å²) in [6.45, 7) is 12.2. The normalized spacial score (nSPS) is 20.6. The van der Waals surface area contributed by atoms with Crippen LogP contribution in [0.5, 0.6) is 0 Å². The van der Waals surface area contributed by atoms with Gasteiger partial charge in [0, 0.05) is 38.8 Å². The lowest BCUT2D eigenvalue weighted by atomic mass is 10.1. The highest BCUT2D eigenvalue weighted by molar-refractivity contribution is 6.69. The molecule has 21 heavy (non-hydrogen) atoms. The Morgan fingerprint density at radius 2 is 2.00 bits per heavy atom. The SMILES string of the molecule is C[Si](C)(C)OCCCC1CN(Cc2ccccc2)CCN1. The second-order valence-electron chi connectivity index (χ2n) is 6.97.